The lowest BCUT2D eigenvalue weighted by Crippen LogP contribution is -2.23. The van der Waals surface area contributed by atoms with Gasteiger partial charge in [-0.15, -0.1) is 0 Å². The molecule has 0 atom stereocenters. The molecule has 0 aliphatic carbocycles. The number of ether oxygens (including phenoxy) is 2. The SMILES string of the molecule is COc1ccc(/C=C(\C#N)C(=O)Nc2c(C)n(C)n(-c3ccccc3)c2=O)cc1OC. The molecule has 0 unspecified atom stereocenters. The Morgan fingerprint density at radius 3 is 2.39 bits per heavy atom. The van der Waals surface area contributed by atoms with Crippen LogP contribution < -0.4 is 20.3 Å². The van der Waals surface area contributed by atoms with E-state index in [1.54, 1.807) is 49.0 Å². The molecule has 31 heavy (non-hydrogen) atoms. The second-order valence-corrected chi connectivity index (χ2v) is 6.67. The van der Waals surface area contributed by atoms with Crippen LogP contribution in [0.2, 0.25) is 0 Å². The van der Waals surface area contributed by atoms with E-state index >= 15 is 0 Å². The van der Waals surface area contributed by atoms with Gasteiger partial charge in [-0.1, -0.05) is 24.3 Å². The van der Waals surface area contributed by atoms with Crippen LogP contribution in [0, 0.1) is 18.3 Å². The second kappa shape index (κ2) is 9.05. The molecule has 0 spiro atoms. The third-order valence-electron chi connectivity index (χ3n) is 4.88. The summed E-state index contributed by atoms with van der Waals surface area (Å²) in [5, 5.41) is 12.1. The van der Waals surface area contributed by atoms with Gasteiger partial charge in [0, 0.05) is 7.05 Å². The first kappa shape index (κ1) is 21.5. The highest BCUT2D eigenvalue weighted by molar-refractivity contribution is 6.09. The van der Waals surface area contributed by atoms with Gasteiger partial charge in [0.2, 0.25) is 0 Å². The molecule has 8 nitrogen and oxygen atoms in total. The molecule has 0 saturated heterocycles. The van der Waals surface area contributed by atoms with Crippen molar-refractivity contribution in [2.75, 3.05) is 19.5 Å². The fourth-order valence-corrected chi connectivity index (χ4v) is 3.15. The molecule has 0 fully saturated rings. The van der Waals surface area contributed by atoms with Gasteiger partial charge < -0.3 is 14.8 Å². The lowest BCUT2D eigenvalue weighted by atomic mass is 10.1. The smallest absolute Gasteiger partial charge is 0.295 e. The third-order valence-corrected chi connectivity index (χ3v) is 4.88. The van der Waals surface area contributed by atoms with Gasteiger partial charge in [0.05, 0.1) is 25.6 Å². The van der Waals surface area contributed by atoms with Crippen LogP contribution in [-0.2, 0) is 11.8 Å². The zero-order valence-electron chi connectivity index (χ0n) is 17.7. The molecule has 0 bridgehead atoms. The zero-order valence-corrected chi connectivity index (χ0v) is 17.7. The van der Waals surface area contributed by atoms with Gasteiger partial charge in [0.1, 0.15) is 17.3 Å². The summed E-state index contributed by atoms with van der Waals surface area (Å²) in [5.74, 6) is 0.325. The van der Waals surface area contributed by atoms with Crippen molar-refractivity contribution < 1.29 is 14.3 Å². The zero-order chi connectivity index (χ0) is 22.5. The van der Waals surface area contributed by atoms with E-state index in [0.717, 1.165) is 0 Å². The number of nitrogens with one attached hydrogen (secondary N) is 1. The van der Waals surface area contributed by atoms with Gasteiger partial charge in [-0.3, -0.25) is 14.3 Å². The Labute approximate surface area is 179 Å². The quantitative estimate of drug-likeness (QED) is 0.490. The minimum Gasteiger partial charge on any atom is -0.493 e. The van der Waals surface area contributed by atoms with Crippen LogP contribution >= 0.6 is 0 Å². The highest BCUT2D eigenvalue weighted by Gasteiger charge is 2.20. The number of nitriles is 1. The van der Waals surface area contributed by atoms with Gasteiger partial charge in [0.15, 0.2) is 11.5 Å². The number of aromatic nitrogens is 2. The van der Waals surface area contributed by atoms with Crippen molar-refractivity contribution in [3.8, 4) is 23.3 Å². The lowest BCUT2D eigenvalue weighted by Gasteiger charge is -2.08. The molecular formula is C23H22N4O4. The Kier molecular flexibility index (Phi) is 6.26. The normalized spacial score (nSPS) is 11.0. The van der Waals surface area contributed by atoms with Gasteiger partial charge in [-0.25, -0.2) is 4.68 Å². The molecule has 0 saturated carbocycles. The number of nitrogens with zero attached hydrogens (tertiary/aromatic N) is 3. The highest BCUT2D eigenvalue weighted by Crippen LogP contribution is 2.28. The van der Waals surface area contributed by atoms with Gasteiger partial charge in [0.25, 0.3) is 11.5 Å². The summed E-state index contributed by atoms with van der Waals surface area (Å²) >= 11 is 0. The van der Waals surface area contributed by atoms with Crippen molar-refractivity contribution in [3.63, 3.8) is 0 Å². The molecule has 1 N–H and O–H groups in total. The lowest BCUT2D eigenvalue weighted by molar-refractivity contribution is -0.112. The maximum absolute atomic E-state index is 13.0. The summed E-state index contributed by atoms with van der Waals surface area (Å²) in [4.78, 5) is 25.7. The van der Waals surface area contributed by atoms with Crippen LogP contribution in [-0.4, -0.2) is 29.5 Å². The summed E-state index contributed by atoms with van der Waals surface area (Å²) in [5.41, 5.74) is 1.38. The molecular weight excluding hydrogens is 396 g/mol. The van der Waals surface area contributed by atoms with E-state index in [1.165, 1.54) is 25.0 Å². The minimum atomic E-state index is -0.678. The molecule has 2 aromatic carbocycles. The highest BCUT2D eigenvalue weighted by atomic mass is 16.5. The maximum atomic E-state index is 13.0. The molecule has 3 rings (SSSR count). The summed E-state index contributed by atoms with van der Waals surface area (Å²) in [7, 11) is 4.75. The average Bonchev–Trinajstić information content (AvgIpc) is 3.00. The minimum absolute atomic E-state index is 0.116. The van der Waals surface area contributed by atoms with Crippen molar-refractivity contribution in [1.82, 2.24) is 9.36 Å². The molecule has 0 aliphatic heterocycles. The fraction of sp³-hybridized carbons (Fsp3) is 0.174. The number of para-hydroxylation sites is 1. The van der Waals surface area contributed by atoms with Crippen LogP contribution in [0.1, 0.15) is 11.3 Å². The number of methoxy groups -OCH3 is 2. The summed E-state index contributed by atoms with van der Waals surface area (Å²) < 4.78 is 13.6. The fourth-order valence-electron chi connectivity index (χ4n) is 3.15. The van der Waals surface area contributed by atoms with E-state index in [1.807, 2.05) is 24.3 Å². The standard InChI is InChI=1S/C23H22N4O4/c1-15-21(23(29)27(26(15)2)18-8-6-5-7-9-18)25-22(28)17(14-24)12-16-10-11-19(30-3)20(13-16)31-4/h5-13H,1-4H3,(H,25,28)/b17-12+. The van der Waals surface area contributed by atoms with Crippen molar-refractivity contribution in [3.05, 3.63) is 75.7 Å². The number of hydrogen-bond acceptors (Lipinski definition) is 5. The van der Waals surface area contributed by atoms with Crippen molar-refractivity contribution in [1.29, 1.82) is 5.26 Å². The molecule has 158 valence electrons. The molecule has 1 amide bonds. The van der Waals surface area contributed by atoms with Crippen molar-refractivity contribution in [2.45, 2.75) is 6.92 Å². The van der Waals surface area contributed by atoms with Crippen LogP contribution in [0.25, 0.3) is 11.8 Å². The van der Waals surface area contributed by atoms with Crippen LogP contribution in [0.4, 0.5) is 5.69 Å². The molecule has 1 aromatic heterocycles. The Hall–Kier alpha value is -4.25. The Morgan fingerprint density at radius 2 is 1.77 bits per heavy atom. The number of anilines is 1. The summed E-state index contributed by atoms with van der Waals surface area (Å²) in [6, 6.07) is 16.0. The number of benzene rings is 2. The van der Waals surface area contributed by atoms with E-state index in [0.29, 0.717) is 28.4 Å². The number of amides is 1. The predicted molar refractivity (Wildman–Crippen MR) is 118 cm³/mol. The largest absolute Gasteiger partial charge is 0.493 e. The predicted octanol–water partition coefficient (Wildman–Crippen LogP) is 3.05. The van der Waals surface area contributed by atoms with Gasteiger partial charge in [-0.2, -0.15) is 5.26 Å². The van der Waals surface area contributed by atoms with E-state index in [9.17, 15) is 14.9 Å². The molecule has 3 aromatic rings. The van der Waals surface area contributed by atoms with Crippen LogP contribution in [0.3, 0.4) is 0 Å². The third kappa shape index (κ3) is 4.21. The van der Waals surface area contributed by atoms with E-state index in [4.69, 9.17) is 9.47 Å². The number of carbonyl (C=O) groups is 1. The first-order valence-corrected chi connectivity index (χ1v) is 9.40. The molecule has 0 aliphatic rings. The van der Waals surface area contributed by atoms with E-state index in [-0.39, 0.29) is 16.8 Å². The van der Waals surface area contributed by atoms with E-state index in [2.05, 4.69) is 5.32 Å². The Bertz CT molecular complexity index is 1250. The van der Waals surface area contributed by atoms with Crippen LogP contribution in [0.15, 0.2) is 58.9 Å². The van der Waals surface area contributed by atoms with Crippen LogP contribution in [0.5, 0.6) is 11.5 Å². The molecule has 0 radical (unpaired) electrons. The number of carbonyl (C=O) groups excluding carboxylic acids is 1. The molecule has 1 heterocycles. The monoisotopic (exact) mass is 418 g/mol. The summed E-state index contributed by atoms with van der Waals surface area (Å²) in [6.07, 6.45) is 1.42. The maximum Gasteiger partial charge on any atom is 0.295 e. The van der Waals surface area contributed by atoms with Gasteiger partial charge >= 0.3 is 0 Å². The number of rotatable bonds is 6. The average molecular weight is 418 g/mol. The van der Waals surface area contributed by atoms with Crippen molar-refractivity contribution >= 4 is 17.7 Å². The van der Waals surface area contributed by atoms with E-state index < -0.39 is 5.91 Å². The molecule has 8 heteroatoms. The first-order chi connectivity index (χ1) is 14.9. The summed E-state index contributed by atoms with van der Waals surface area (Å²) in [6.45, 7) is 1.72. The second-order valence-electron chi connectivity index (χ2n) is 6.67. The topological polar surface area (TPSA) is 98.3 Å². The Balaban J connectivity index is 1.95. The Morgan fingerprint density at radius 1 is 1.10 bits per heavy atom. The van der Waals surface area contributed by atoms with Gasteiger partial charge in [-0.05, 0) is 42.8 Å². The first-order valence-electron chi connectivity index (χ1n) is 9.40. The number of hydrogen-bond donors (Lipinski definition) is 1. The van der Waals surface area contributed by atoms with Crippen molar-refractivity contribution in [2.24, 2.45) is 7.05 Å².